The molecule has 0 heterocycles. The quantitative estimate of drug-likeness (QED) is 0.606. The van der Waals surface area contributed by atoms with Gasteiger partial charge in [0.15, 0.2) is 0 Å². The molecule has 0 fully saturated rings. The summed E-state index contributed by atoms with van der Waals surface area (Å²) in [7, 11) is 0. The lowest BCUT2D eigenvalue weighted by atomic mass is 10.2. The second-order valence-electron chi connectivity index (χ2n) is 1.73. The van der Waals surface area contributed by atoms with Crippen molar-refractivity contribution >= 4 is 27.5 Å². The van der Waals surface area contributed by atoms with Crippen molar-refractivity contribution in [1.82, 2.24) is 0 Å². The van der Waals surface area contributed by atoms with E-state index >= 15 is 0 Å². The molecule has 0 radical (unpaired) electrons. The second kappa shape index (κ2) is 12.0. The number of alkyl halides is 1. The third-order valence-electron chi connectivity index (χ3n) is 1.10. The van der Waals surface area contributed by atoms with Crippen LogP contribution in [0.25, 0.3) is 0 Å². The molecule has 1 rings (SSSR count). The van der Waals surface area contributed by atoms with Gasteiger partial charge in [-0.2, -0.15) is 0 Å². The minimum absolute atomic E-state index is 0.826. The van der Waals surface area contributed by atoms with Gasteiger partial charge in [0, 0.05) is 10.4 Å². The average molecular weight is 266 g/mol. The van der Waals surface area contributed by atoms with Gasteiger partial charge < -0.3 is 0 Å². The fourth-order valence-corrected chi connectivity index (χ4v) is 1.46. The zero-order valence-corrected chi connectivity index (χ0v) is 11.1. The van der Waals surface area contributed by atoms with Gasteiger partial charge in [-0.25, -0.2) is 0 Å². The molecule has 0 spiro atoms. The topological polar surface area (TPSA) is 0 Å². The molecule has 0 aliphatic carbocycles. The van der Waals surface area contributed by atoms with Crippen LogP contribution in [0, 0.1) is 0 Å². The van der Waals surface area contributed by atoms with E-state index in [4.69, 9.17) is 11.6 Å². The molecule has 0 N–H and O–H groups in total. The Morgan fingerprint density at radius 2 is 1.54 bits per heavy atom. The minimum Gasteiger partial charge on any atom is -0.0876 e. The van der Waals surface area contributed by atoms with E-state index in [1.165, 1.54) is 0 Å². The first kappa shape index (κ1) is 15.5. The minimum atomic E-state index is 0.826. The molecule has 1 aromatic rings. The summed E-state index contributed by atoms with van der Waals surface area (Å²) in [6.45, 7) is 8.00. The SMILES string of the molecule is CC.CC.Clc1ccccc1CBr. The molecule has 2 heteroatoms. The van der Waals surface area contributed by atoms with E-state index in [1.54, 1.807) is 0 Å². The van der Waals surface area contributed by atoms with Gasteiger partial charge in [0.1, 0.15) is 0 Å². The van der Waals surface area contributed by atoms with Crippen LogP contribution in [-0.2, 0) is 5.33 Å². The highest BCUT2D eigenvalue weighted by Gasteiger charge is 1.92. The first-order valence-corrected chi connectivity index (χ1v) is 6.14. The van der Waals surface area contributed by atoms with Crippen molar-refractivity contribution in [3.05, 3.63) is 34.9 Å². The molecule has 0 bridgehead atoms. The number of hydrogen-bond donors (Lipinski definition) is 0. The highest BCUT2D eigenvalue weighted by Crippen LogP contribution is 2.16. The molecule has 0 amide bonds. The van der Waals surface area contributed by atoms with E-state index in [0.717, 1.165) is 15.9 Å². The van der Waals surface area contributed by atoms with Gasteiger partial charge in [-0.15, -0.1) is 0 Å². The molecule has 0 saturated heterocycles. The summed E-state index contributed by atoms with van der Waals surface area (Å²) in [6.07, 6.45) is 0. The summed E-state index contributed by atoms with van der Waals surface area (Å²) < 4.78 is 0. The van der Waals surface area contributed by atoms with Gasteiger partial charge >= 0.3 is 0 Å². The Balaban J connectivity index is 0. The predicted molar refractivity (Wildman–Crippen MR) is 66.8 cm³/mol. The molecule has 0 saturated carbocycles. The summed E-state index contributed by atoms with van der Waals surface area (Å²) in [5.41, 5.74) is 1.14. The zero-order valence-electron chi connectivity index (χ0n) is 8.77. The standard InChI is InChI=1S/C7H6BrCl.2C2H6/c8-5-6-3-1-2-4-7(6)9;2*1-2/h1-4H,5H2;2*1-2H3. The van der Waals surface area contributed by atoms with Crippen molar-refractivity contribution in [3.8, 4) is 0 Å². The Morgan fingerprint density at radius 3 is 1.85 bits per heavy atom. The fourth-order valence-electron chi connectivity index (χ4n) is 0.607. The largest absolute Gasteiger partial charge is 0.0876 e. The Bertz CT molecular complexity index is 199. The monoisotopic (exact) mass is 264 g/mol. The molecule has 0 aliphatic rings. The molecule has 0 aliphatic heterocycles. The van der Waals surface area contributed by atoms with Gasteiger partial charge in [0.25, 0.3) is 0 Å². The van der Waals surface area contributed by atoms with Crippen molar-refractivity contribution in [2.75, 3.05) is 0 Å². The lowest BCUT2D eigenvalue weighted by Crippen LogP contribution is -1.75. The summed E-state index contributed by atoms with van der Waals surface area (Å²) in [5, 5.41) is 1.65. The Labute approximate surface area is 95.4 Å². The third kappa shape index (κ3) is 7.09. The maximum atomic E-state index is 5.79. The highest BCUT2D eigenvalue weighted by molar-refractivity contribution is 9.08. The third-order valence-corrected chi connectivity index (χ3v) is 2.07. The molecular weight excluding hydrogens is 247 g/mol. The first-order chi connectivity index (χ1) is 6.34. The summed E-state index contributed by atoms with van der Waals surface area (Å²) in [5.74, 6) is 0. The van der Waals surface area contributed by atoms with Gasteiger partial charge in [-0.3, -0.25) is 0 Å². The van der Waals surface area contributed by atoms with Crippen LogP contribution in [-0.4, -0.2) is 0 Å². The van der Waals surface area contributed by atoms with Crippen LogP contribution < -0.4 is 0 Å². The molecule has 0 aromatic heterocycles. The average Bonchev–Trinajstić information content (AvgIpc) is 2.24. The van der Waals surface area contributed by atoms with Crippen LogP contribution in [0.2, 0.25) is 5.02 Å². The lowest BCUT2D eigenvalue weighted by Gasteiger charge is -1.95. The Kier molecular flexibility index (Phi) is 14.3. The summed E-state index contributed by atoms with van der Waals surface area (Å²) in [6, 6.07) is 7.78. The van der Waals surface area contributed by atoms with Crippen molar-refractivity contribution in [1.29, 1.82) is 0 Å². The second-order valence-corrected chi connectivity index (χ2v) is 2.69. The maximum absolute atomic E-state index is 5.79. The number of rotatable bonds is 1. The van der Waals surface area contributed by atoms with E-state index < -0.39 is 0 Å². The van der Waals surface area contributed by atoms with Crippen LogP contribution in [0.5, 0.6) is 0 Å². The van der Waals surface area contributed by atoms with Crippen molar-refractivity contribution in [2.45, 2.75) is 33.0 Å². The fraction of sp³-hybridized carbons (Fsp3) is 0.455. The maximum Gasteiger partial charge on any atom is 0.0446 e. The molecule has 76 valence electrons. The first-order valence-electron chi connectivity index (χ1n) is 4.64. The Hall–Kier alpha value is -0.0100. The molecule has 13 heavy (non-hydrogen) atoms. The molecule has 0 atom stereocenters. The van der Waals surface area contributed by atoms with Crippen LogP contribution in [0.15, 0.2) is 24.3 Å². The molecule has 1 aromatic carbocycles. The van der Waals surface area contributed by atoms with Crippen molar-refractivity contribution in [3.63, 3.8) is 0 Å². The molecule has 0 unspecified atom stereocenters. The van der Waals surface area contributed by atoms with E-state index in [9.17, 15) is 0 Å². The van der Waals surface area contributed by atoms with Crippen LogP contribution in [0.1, 0.15) is 33.3 Å². The summed E-state index contributed by atoms with van der Waals surface area (Å²) in [4.78, 5) is 0. The highest BCUT2D eigenvalue weighted by atomic mass is 79.9. The van der Waals surface area contributed by atoms with E-state index in [-0.39, 0.29) is 0 Å². The van der Waals surface area contributed by atoms with Crippen molar-refractivity contribution < 1.29 is 0 Å². The smallest absolute Gasteiger partial charge is 0.0446 e. The van der Waals surface area contributed by atoms with Crippen molar-refractivity contribution in [2.24, 2.45) is 0 Å². The summed E-state index contributed by atoms with van der Waals surface area (Å²) >= 11 is 9.12. The van der Waals surface area contributed by atoms with Gasteiger partial charge in [-0.1, -0.05) is 73.4 Å². The number of halogens is 2. The van der Waals surface area contributed by atoms with Crippen LogP contribution >= 0.6 is 27.5 Å². The zero-order chi connectivity index (χ0) is 10.7. The number of benzene rings is 1. The molecular formula is C11H18BrCl. The predicted octanol–water partition coefficient (Wildman–Crippen LogP) is 5.29. The van der Waals surface area contributed by atoms with Crippen LogP contribution in [0.3, 0.4) is 0 Å². The van der Waals surface area contributed by atoms with Gasteiger partial charge in [0.2, 0.25) is 0 Å². The van der Waals surface area contributed by atoms with Gasteiger partial charge in [0.05, 0.1) is 0 Å². The van der Waals surface area contributed by atoms with E-state index in [1.807, 2.05) is 52.0 Å². The van der Waals surface area contributed by atoms with Gasteiger partial charge in [-0.05, 0) is 11.6 Å². The Morgan fingerprint density at radius 1 is 1.08 bits per heavy atom. The molecule has 0 nitrogen and oxygen atoms in total. The van der Waals surface area contributed by atoms with Crippen LogP contribution in [0.4, 0.5) is 0 Å². The normalized spacial score (nSPS) is 7.54. The number of hydrogen-bond acceptors (Lipinski definition) is 0. The lowest BCUT2D eigenvalue weighted by molar-refractivity contribution is 1.44. The van der Waals surface area contributed by atoms with E-state index in [0.29, 0.717) is 0 Å². The van der Waals surface area contributed by atoms with E-state index in [2.05, 4.69) is 15.9 Å².